The fraction of sp³-hybridized carbons (Fsp3) is 0.647. The van der Waals surface area contributed by atoms with Gasteiger partial charge in [0.05, 0.1) is 13.2 Å². The summed E-state index contributed by atoms with van der Waals surface area (Å²) in [5, 5.41) is 3.60. The third-order valence-electron chi connectivity index (χ3n) is 4.10. The molecule has 0 bridgehead atoms. The van der Waals surface area contributed by atoms with Gasteiger partial charge in [0.15, 0.2) is 0 Å². The molecule has 0 spiro atoms. The van der Waals surface area contributed by atoms with E-state index < -0.39 is 0 Å². The highest BCUT2D eigenvalue weighted by atomic mass is 16.5. The molecular formula is C17H27NO2. The van der Waals surface area contributed by atoms with Gasteiger partial charge in [-0.1, -0.05) is 13.0 Å². The first-order valence-corrected chi connectivity index (χ1v) is 7.74. The van der Waals surface area contributed by atoms with Gasteiger partial charge in [-0.3, -0.25) is 0 Å². The molecule has 2 unspecified atom stereocenters. The van der Waals surface area contributed by atoms with Gasteiger partial charge in [-0.25, -0.2) is 0 Å². The molecule has 3 nitrogen and oxygen atoms in total. The summed E-state index contributed by atoms with van der Waals surface area (Å²) in [7, 11) is 1.72. The lowest BCUT2D eigenvalue weighted by Crippen LogP contribution is -2.23. The van der Waals surface area contributed by atoms with Crippen molar-refractivity contribution in [2.24, 2.45) is 0 Å². The number of hydrogen-bond acceptors (Lipinski definition) is 3. The molecule has 1 aromatic carbocycles. The highest BCUT2D eigenvalue weighted by molar-refractivity contribution is 5.36. The molecule has 0 aromatic heterocycles. The van der Waals surface area contributed by atoms with E-state index >= 15 is 0 Å². The van der Waals surface area contributed by atoms with Crippen LogP contribution in [0.25, 0.3) is 0 Å². The van der Waals surface area contributed by atoms with E-state index in [1.807, 2.05) is 0 Å². The molecule has 0 radical (unpaired) electrons. The Morgan fingerprint density at radius 3 is 2.90 bits per heavy atom. The van der Waals surface area contributed by atoms with Crippen LogP contribution in [0, 0.1) is 6.92 Å². The van der Waals surface area contributed by atoms with Crippen LogP contribution < -0.4 is 10.1 Å². The van der Waals surface area contributed by atoms with E-state index in [1.165, 1.54) is 24.0 Å². The van der Waals surface area contributed by atoms with Gasteiger partial charge in [-0.05, 0) is 62.4 Å². The first kappa shape index (κ1) is 15.3. The largest absolute Gasteiger partial charge is 0.497 e. The van der Waals surface area contributed by atoms with Crippen LogP contribution in [0.3, 0.4) is 0 Å². The number of rotatable bonds is 7. The number of nitrogens with one attached hydrogen (secondary N) is 1. The Hall–Kier alpha value is -1.06. The second kappa shape index (κ2) is 7.65. The zero-order chi connectivity index (χ0) is 14.4. The Morgan fingerprint density at radius 1 is 1.45 bits per heavy atom. The molecule has 1 aliphatic rings. The lowest BCUT2D eigenvalue weighted by Gasteiger charge is -2.22. The molecule has 2 atom stereocenters. The van der Waals surface area contributed by atoms with Gasteiger partial charge >= 0.3 is 0 Å². The molecule has 1 heterocycles. The molecule has 112 valence electrons. The van der Waals surface area contributed by atoms with E-state index in [0.717, 1.165) is 31.7 Å². The van der Waals surface area contributed by atoms with Crippen molar-refractivity contribution in [2.75, 3.05) is 20.3 Å². The van der Waals surface area contributed by atoms with Gasteiger partial charge in [0.2, 0.25) is 0 Å². The molecular weight excluding hydrogens is 250 g/mol. The average Bonchev–Trinajstić information content (AvgIpc) is 2.97. The molecule has 1 N–H and O–H groups in total. The zero-order valence-corrected chi connectivity index (χ0v) is 12.9. The normalized spacial score (nSPS) is 20.1. The third kappa shape index (κ3) is 3.97. The summed E-state index contributed by atoms with van der Waals surface area (Å²) in [4.78, 5) is 0. The molecule has 2 rings (SSSR count). The summed E-state index contributed by atoms with van der Waals surface area (Å²) < 4.78 is 11.0. The number of hydrogen-bond donors (Lipinski definition) is 1. The van der Waals surface area contributed by atoms with Crippen molar-refractivity contribution in [3.8, 4) is 5.75 Å². The second-order valence-corrected chi connectivity index (χ2v) is 5.55. The first-order chi connectivity index (χ1) is 9.74. The van der Waals surface area contributed by atoms with Crippen molar-refractivity contribution in [2.45, 2.75) is 51.7 Å². The molecule has 0 amide bonds. The van der Waals surface area contributed by atoms with Crippen molar-refractivity contribution < 1.29 is 9.47 Å². The van der Waals surface area contributed by atoms with E-state index in [1.54, 1.807) is 7.11 Å². The average molecular weight is 277 g/mol. The van der Waals surface area contributed by atoms with Crippen molar-refractivity contribution in [3.05, 3.63) is 29.3 Å². The molecule has 1 saturated heterocycles. The summed E-state index contributed by atoms with van der Waals surface area (Å²) in [6, 6.07) is 6.77. The Morgan fingerprint density at radius 2 is 2.30 bits per heavy atom. The van der Waals surface area contributed by atoms with Crippen LogP contribution in [0.1, 0.15) is 49.8 Å². The quantitative estimate of drug-likeness (QED) is 0.826. The van der Waals surface area contributed by atoms with Crippen LogP contribution in [0.15, 0.2) is 18.2 Å². The molecule has 0 saturated carbocycles. The van der Waals surface area contributed by atoms with Crippen molar-refractivity contribution in [1.29, 1.82) is 0 Å². The molecule has 3 heteroatoms. The Labute approximate surface area is 122 Å². The van der Waals surface area contributed by atoms with E-state index in [4.69, 9.17) is 9.47 Å². The SMILES string of the molecule is CCNC(CCC1CCCO1)c1ccc(OC)cc1C. The van der Waals surface area contributed by atoms with Gasteiger partial charge in [-0.15, -0.1) is 0 Å². The van der Waals surface area contributed by atoms with E-state index in [9.17, 15) is 0 Å². The number of benzene rings is 1. The Kier molecular flexibility index (Phi) is 5.86. The minimum Gasteiger partial charge on any atom is -0.497 e. The molecule has 1 aromatic rings. The highest BCUT2D eigenvalue weighted by Crippen LogP contribution is 2.28. The van der Waals surface area contributed by atoms with E-state index in [-0.39, 0.29) is 0 Å². The van der Waals surface area contributed by atoms with E-state index in [2.05, 4.69) is 37.4 Å². The van der Waals surface area contributed by atoms with Gasteiger partial charge in [-0.2, -0.15) is 0 Å². The van der Waals surface area contributed by atoms with Crippen LogP contribution in [-0.4, -0.2) is 26.4 Å². The second-order valence-electron chi connectivity index (χ2n) is 5.55. The van der Waals surface area contributed by atoms with Gasteiger partial charge in [0.1, 0.15) is 5.75 Å². The number of ether oxygens (including phenoxy) is 2. The van der Waals surface area contributed by atoms with Crippen molar-refractivity contribution in [1.82, 2.24) is 5.32 Å². The van der Waals surface area contributed by atoms with Crippen LogP contribution in [0.4, 0.5) is 0 Å². The Bertz CT molecular complexity index is 413. The lowest BCUT2D eigenvalue weighted by atomic mass is 9.95. The van der Waals surface area contributed by atoms with Crippen LogP contribution in [-0.2, 0) is 4.74 Å². The monoisotopic (exact) mass is 277 g/mol. The van der Waals surface area contributed by atoms with Crippen molar-refractivity contribution in [3.63, 3.8) is 0 Å². The number of aryl methyl sites for hydroxylation is 1. The smallest absolute Gasteiger partial charge is 0.119 e. The molecule has 20 heavy (non-hydrogen) atoms. The minimum absolute atomic E-state index is 0.412. The van der Waals surface area contributed by atoms with Crippen LogP contribution >= 0.6 is 0 Å². The van der Waals surface area contributed by atoms with E-state index in [0.29, 0.717) is 12.1 Å². The maximum absolute atomic E-state index is 5.74. The van der Waals surface area contributed by atoms with Gasteiger partial charge in [0, 0.05) is 12.6 Å². The van der Waals surface area contributed by atoms with Crippen LogP contribution in [0.5, 0.6) is 5.75 Å². The predicted molar refractivity (Wildman–Crippen MR) is 82.4 cm³/mol. The molecule has 1 fully saturated rings. The van der Waals surface area contributed by atoms with Crippen LogP contribution in [0.2, 0.25) is 0 Å². The summed E-state index contributed by atoms with van der Waals surface area (Å²) in [5.41, 5.74) is 2.67. The third-order valence-corrected chi connectivity index (χ3v) is 4.10. The molecule has 1 aliphatic heterocycles. The maximum atomic E-state index is 5.74. The van der Waals surface area contributed by atoms with Gasteiger partial charge in [0.25, 0.3) is 0 Å². The highest BCUT2D eigenvalue weighted by Gasteiger charge is 2.19. The summed E-state index contributed by atoms with van der Waals surface area (Å²) in [6.07, 6.45) is 5.18. The first-order valence-electron chi connectivity index (χ1n) is 7.74. The summed E-state index contributed by atoms with van der Waals surface area (Å²) >= 11 is 0. The molecule has 0 aliphatic carbocycles. The maximum Gasteiger partial charge on any atom is 0.119 e. The zero-order valence-electron chi connectivity index (χ0n) is 12.9. The van der Waals surface area contributed by atoms with Gasteiger partial charge < -0.3 is 14.8 Å². The standard InChI is InChI=1S/C17H27NO2/c1-4-18-17(10-8-14-6-5-11-20-14)16-9-7-15(19-3)12-13(16)2/h7,9,12,14,17-18H,4-6,8,10-11H2,1-3H3. The van der Waals surface area contributed by atoms with Crippen molar-refractivity contribution >= 4 is 0 Å². The summed E-state index contributed by atoms with van der Waals surface area (Å²) in [5.74, 6) is 0.931. The minimum atomic E-state index is 0.412. The fourth-order valence-corrected chi connectivity index (χ4v) is 3.00. The number of methoxy groups -OCH3 is 1. The fourth-order valence-electron chi connectivity index (χ4n) is 3.00. The predicted octanol–water partition coefficient (Wildman–Crippen LogP) is 3.61. The summed E-state index contributed by atoms with van der Waals surface area (Å²) in [6.45, 7) is 6.26. The lowest BCUT2D eigenvalue weighted by molar-refractivity contribution is 0.0996. The topological polar surface area (TPSA) is 30.5 Å². The Balaban J connectivity index is 2.02.